The standard InChI is InChI=1S/C55H94O23/c1-10-27-35(60)39(64)43(68)48(71-27)77-45-38(63)30(22-58)73-49(44(45)69)78-46-41(66)37(62)29(21-57)74-50(46)76-34(52(5,6)70)15-11-23(2)24-17-18-53(7)31-14-12-25-26(55(31,9)32(59)19-54(24,53)8)13-16-33(51(25,3)4)75-47-42(67)40(65)36(61)28(20-56)72-47/h12,23-24,26-50,56-70H,10-11,13-22H2,1-9H3/t23-,24?,26?,27+,28-,29-,30+,31?,32-,33+,34-,35+,36-,37-,38+,39-,40+,41+,42-,43+,44+,45-,46-,47+,48-,49-,50+,53+,54-,55+/m1/s1. The summed E-state index contributed by atoms with van der Waals surface area (Å²) < 4.78 is 48.2. The fraction of sp³-hybridized carbons (Fsp3) is 0.964. The number of aliphatic hydroxyl groups excluding tert-OH is 14. The predicted octanol–water partition coefficient (Wildman–Crippen LogP) is -1.81. The van der Waals surface area contributed by atoms with Gasteiger partial charge in [-0.2, -0.15) is 0 Å². The van der Waals surface area contributed by atoms with Crippen LogP contribution in [0.1, 0.15) is 120 Å². The molecule has 3 unspecified atom stereocenters. The quantitative estimate of drug-likeness (QED) is 0.0714. The van der Waals surface area contributed by atoms with Crippen molar-refractivity contribution in [3.8, 4) is 0 Å². The Kier molecular flexibility index (Phi) is 19.1. The summed E-state index contributed by atoms with van der Waals surface area (Å²) >= 11 is 0. The Labute approximate surface area is 457 Å². The number of allylic oxidation sites excluding steroid dienone is 1. The maximum absolute atomic E-state index is 12.7. The molecule has 8 aliphatic rings. The van der Waals surface area contributed by atoms with Gasteiger partial charge in [-0.15, -0.1) is 0 Å². The van der Waals surface area contributed by atoms with E-state index in [4.69, 9.17) is 37.9 Å². The topological polar surface area (TPSA) is 377 Å². The van der Waals surface area contributed by atoms with Crippen molar-refractivity contribution < 1.29 is 114 Å². The molecule has 0 spiro atoms. The SMILES string of the molecule is CC[C@@H]1O[C@H](O[C@H]2[C@H](O)[C@@H](O[C@H]3[C@H](O[C@H](CC[C@@H](C)C4CC[C@@]5(C)C6CC=C7C(CC[C@H](O[C@@H]8O[C@H](CO)[C@@H](O)[C@H](O)[C@H]8O)C7(C)C)[C@]6(C)[C@H](O)C[C@]45C)C(C)(C)O)O[C@H](CO)[C@@H](O)[C@@H]3O)O[C@@H](CO)[C@@H]2O)[C@@H](O)[C@H](O)[C@H]1O. The maximum Gasteiger partial charge on any atom is 0.187 e. The van der Waals surface area contributed by atoms with Gasteiger partial charge in [0, 0.05) is 10.8 Å². The van der Waals surface area contributed by atoms with Crippen LogP contribution in [0.15, 0.2) is 11.6 Å². The fourth-order valence-electron chi connectivity index (χ4n) is 15.9. The van der Waals surface area contributed by atoms with E-state index in [2.05, 4.69) is 47.6 Å². The lowest BCUT2D eigenvalue weighted by atomic mass is 9.38. The lowest BCUT2D eigenvalue weighted by molar-refractivity contribution is -0.389. The number of aliphatic hydroxyl groups is 15. The van der Waals surface area contributed by atoms with Gasteiger partial charge in [0.25, 0.3) is 0 Å². The Morgan fingerprint density at radius 2 is 1.10 bits per heavy atom. The van der Waals surface area contributed by atoms with E-state index < -0.39 is 177 Å². The van der Waals surface area contributed by atoms with E-state index in [-0.39, 0.29) is 47.3 Å². The highest BCUT2D eigenvalue weighted by Crippen LogP contribution is 2.75. The molecule has 0 radical (unpaired) electrons. The first kappa shape index (κ1) is 62.9. The summed E-state index contributed by atoms with van der Waals surface area (Å²) in [6.07, 6.45) is -26.2. The average molecular weight is 1120 g/mol. The molecule has 7 fully saturated rings. The molecule has 0 bridgehead atoms. The Balaban J connectivity index is 0.966. The first-order chi connectivity index (χ1) is 36.5. The number of ether oxygens (including phenoxy) is 8. The van der Waals surface area contributed by atoms with E-state index in [0.717, 1.165) is 19.3 Å². The Morgan fingerprint density at radius 3 is 1.68 bits per heavy atom. The van der Waals surface area contributed by atoms with Gasteiger partial charge < -0.3 is 114 Å². The van der Waals surface area contributed by atoms with Crippen LogP contribution < -0.4 is 0 Å². The summed E-state index contributed by atoms with van der Waals surface area (Å²) in [5, 5.41) is 164. The molecule has 23 heteroatoms. The maximum atomic E-state index is 12.7. The minimum Gasteiger partial charge on any atom is -0.394 e. The normalized spacial score (nSPS) is 51.4. The molecule has 4 aliphatic heterocycles. The lowest BCUT2D eigenvalue weighted by Gasteiger charge is -2.67. The van der Waals surface area contributed by atoms with Crippen LogP contribution in [-0.2, 0) is 37.9 Å². The molecule has 23 nitrogen and oxygen atoms in total. The third-order valence-corrected chi connectivity index (χ3v) is 21.0. The Hall–Kier alpha value is -1.18. The summed E-state index contributed by atoms with van der Waals surface area (Å²) in [6.45, 7) is 15.9. The molecule has 4 aliphatic carbocycles. The highest BCUT2D eigenvalue weighted by atomic mass is 16.8. The molecule has 8 rings (SSSR count). The molecule has 0 aromatic carbocycles. The van der Waals surface area contributed by atoms with E-state index in [0.29, 0.717) is 25.7 Å². The zero-order valence-corrected chi connectivity index (χ0v) is 46.6. The zero-order valence-electron chi connectivity index (χ0n) is 46.6. The van der Waals surface area contributed by atoms with Gasteiger partial charge in [0.15, 0.2) is 25.2 Å². The highest BCUT2D eigenvalue weighted by molar-refractivity contribution is 5.32. The summed E-state index contributed by atoms with van der Waals surface area (Å²) in [6, 6.07) is 0. The van der Waals surface area contributed by atoms with Crippen molar-refractivity contribution in [1.82, 2.24) is 0 Å². The van der Waals surface area contributed by atoms with Crippen molar-refractivity contribution in [2.75, 3.05) is 19.8 Å². The van der Waals surface area contributed by atoms with E-state index >= 15 is 0 Å². The molecule has 4 heterocycles. The van der Waals surface area contributed by atoms with Gasteiger partial charge in [0.1, 0.15) is 91.6 Å². The van der Waals surface area contributed by atoms with Crippen LogP contribution in [0, 0.1) is 45.3 Å². The summed E-state index contributed by atoms with van der Waals surface area (Å²) in [7, 11) is 0. The van der Waals surface area contributed by atoms with Gasteiger partial charge in [-0.3, -0.25) is 0 Å². The summed E-state index contributed by atoms with van der Waals surface area (Å²) in [4.78, 5) is 0. The zero-order chi connectivity index (χ0) is 57.5. The number of fused-ring (bicyclic) bond motifs is 5. The van der Waals surface area contributed by atoms with Gasteiger partial charge in [0.2, 0.25) is 0 Å². The van der Waals surface area contributed by atoms with E-state index in [9.17, 15) is 76.6 Å². The minimum absolute atomic E-state index is 0.0217. The molecule has 78 heavy (non-hydrogen) atoms. The highest BCUT2D eigenvalue weighted by Gasteiger charge is 2.70. The molecule has 0 aromatic rings. The van der Waals surface area contributed by atoms with Crippen LogP contribution in [-0.4, -0.2) is 243 Å². The van der Waals surface area contributed by atoms with Crippen LogP contribution >= 0.6 is 0 Å². The van der Waals surface area contributed by atoms with E-state index in [1.165, 1.54) is 5.57 Å². The lowest BCUT2D eigenvalue weighted by Crippen LogP contribution is -2.67. The van der Waals surface area contributed by atoms with Crippen molar-refractivity contribution in [3.63, 3.8) is 0 Å². The van der Waals surface area contributed by atoms with Gasteiger partial charge in [-0.05, 0) is 106 Å². The second-order valence-corrected chi connectivity index (χ2v) is 26.1. The van der Waals surface area contributed by atoms with Crippen LogP contribution in [0.25, 0.3) is 0 Å². The molecular formula is C55H94O23. The molecular weight excluding hydrogens is 1030 g/mol. The Morgan fingerprint density at radius 1 is 0.590 bits per heavy atom. The van der Waals surface area contributed by atoms with Crippen molar-refractivity contribution in [3.05, 3.63) is 11.6 Å². The van der Waals surface area contributed by atoms with Gasteiger partial charge in [-0.1, -0.05) is 60.1 Å². The molecule has 3 saturated carbocycles. The smallest absolute Gasteiger partial charge is 0.187 e. The Bertz CT molecular complexity index is 2020. The molecule has 452 valence electrons. The van der Waals surface area contributed by atoms with Gasteiger partial charge in [-0.25, -0.2) is 0 Å². The van der Waals surface area contributed by atoms with Crippen LogP contribution in [0.4, 0.5) is 0 Å². The third kappa shape index (κ3) is 10.9. The van der Waals surface area contributed by atoms with Crippen molar-refractivity contribution >= 4 is 0 Å². The van der Waals surface area contributed by atoms with Gasteiger partial charge in [0.05, 0.1) is 49.8 Å². The number of hydrogen-bond donors (Lipinski definition) is 15. The first-order valence-corrected chi connectivity index (χ1v) is 28.4. The third-order valence-electron chi connectivity index (χ3n) is 21.0. The fourth-order valence-corrected chi connectivity index (χ4v) is 15.9. The second-order valence-electron chi connectivity index (χ2n) is 26.1. The molecule has 0 aromatic heterocycles. The molecule has 0 amide bonds. The van der Waals surface area contributed by atoms with Crippen molar-refractivity contribution in [1.29, 1.82) is 0 Å². The monoisotopic (exact) mass is 1120 g/mol. The number of hydrogen-bond acceptors (Lipinski definition) is 23. The van der Waals surface area contributed by atoms with Gasteiger partial charge >= 0.3 is 0 Å². The van der Waals surface area contributed by atoms with Crippen LogP contribution in [0.2, 0.25) is 0 Å². The first-order valence-electron chi connectivity index (χ1n) is 28.4. The number of rotatable bonds is 17. The van der Waals surface area contributed by atoms with Crippen molar-refractivity contribution in [2.45, 2.75) is 267 Å². The minimum atomic E-state index is -1.95. The van der Waals surface area contributed by atoms with Crippen LogP contribution in [0.3, 0.4) is 0 Å². The molecule has 4 saturated heterocycles. The summed E-state index contributed by atoms with van der Waals surface area (Å²) in [5.41, 5.74) is -1.94. The predicted molar refractivity (Wildman–Crippen MR) is 271 cm³/mol. The molecule has 15 N–H and O–H groups in total. The summed E-state index contributed by atoms with van der Waals surface area (Å²) in [5.74, 6) is 0.316. The van der Waals surface area contributed by atoms with E-state index in [1.54, 1.807) is 20.8 Å². The second kappa shape index (κ2) is 23.7. The average Bonchev–Trinajstić information content (AvgIpc) is 3.86. The van der Waals surface area contributed by atoms with Crippen LogP contribution in [0.5, 0.6) is 0 Å². The molecule has 30 atom stereocenters. The largest absolute Gasteiger partial charge is 0.394 e. The van der Waals surface area contributed by atoms with E-state index in [1.807, 2.05) is 0 Å². The van der Waals surface area contributed by atoms with Crippen molar-refractivity contribution in [2.24, 2.45) is 45.3 Å².